The predicted molar refractivity (Wildman–Crippen MR) is 79.3 cm³/mol. The second-order valence-corrected chi connectivity index (χ2v) is 4.70. The van der Waals surface area contributed by atoms with Crippen LogP contribution in [0.25, 0.3) is 0 Å². The number of hydrogen-bond donors (Lipinski definition) is 1. The van der Waals surface area contributed by atoms with E-state index in [0.717, 1.165) is 16.9 Å². The minimum absolute atomic E-state index is 0.169. The maximum Gasteiger partial charge on any atom is 0.124 e. The minimum atomic E-state index is -0.205. The van der Waals surface area contributed by atoms with Gasteiger partial charge in [0.15, 0.2) is 0 Å². The molecule has 0 aliphatic heterocycles. The van der Waals surface area contributed by atoms with Crippen LogP contribution in [0.1, 0.15) is 31.0 Å². The molecular weight excluding hydrogens is 253 g/mol. The number of ether oxygens (including phenoxy) is 1. The van der Waals surface area contributed by atoms with Crippen molar-refractivity contribution in [3.63, 3.8) is 0 Å². The van der Waals surface area contributed by atoms with Crippen LogP contribution in [0, 0.1) is 5.82 Å². The van der Waals surface area contributed by atoms with Crippen LogP contribution in [-0.4, -0.2) is 6.61 Å². The molecule has 2 aromatic rings. The van der Waals surface area contributed by atoms with Crippen LogP contribution in [-0.2, 0) is 6.54 Å². The van der Waals surface area contributed by atoms with Crippen molar-refractivity contribution < 1.29 is 9.13 Å². The van der Waals surface area contributed by atoms with Gasteiger partial charge in [-0.3, -0.25) is 0 Å². The van der Waals surface area contributed by atoms with Crippen molar-refractivity contribution in [3.05, 3.63) is 65.5 Å². The van der Waals surface area contributed by atoms with Crippen molar-refractivity contribution in [1.82, 2.24) is 5.32 Å². The fourth-order valence-corrected chi connectivity index (χ4v) is 2.11. The third-order valence-electron chi connectivity index (χ3n) is 3.21. The molecule has 2 rings (SSSR count). The van der Waals surface area contributed by atoms with Crippen molar-refractivity contribution in [1.29, 1.82) is 0 Å². The third-order valence-corrected chi connectivity index (χ3v) is 3.21. The molecule has 0 heterocycles. The van der Waals surface area contributed by atoms with Gasteiger partial charge in [0.2, 0.25) is 0 Å². The Morgan fingerprint density at radius 2 is 1.80 bits per heavy atom. The lowest BCUT2D eigenvalue weighted by Crippen LogP contribution is -2.18. The Kier molecular flexibility index (Phi) is 5.13. The van der Waals surface area contributed by atoms with E-state index in [1.807, 2.05) is 25.1 Å². The van der Waals surface area contributed by atoms with E-state index in [4.69, 9.17) is 4.74 Å². The summed E-state index contributed by atoms with van der Waals surface area (Å²) in [5.74, 6) is 0.706. The summed E-state index contributed by atoms with van der Waals surface area (Å²) in [5.41, 5.74) is 2.20. The molecule has 0 amide bonds. The minimum Gasteiger partial charge on any atom is -0.494 e. The Morgan fingerprint density at radius 1 is 1.10 bits per heavy atom. The number of rotatable bonds is 6. The number of halogens is 1. The zero-order valence-corrected chi connectivity index (χ0v) is 11.9. The summed E-state index contributed by atoms with van der Waals surface area (Å²) >= 11 is 0. The van der Waals surface area contributed by atoms with Gasteiger partial charge in [-0.1, -0.05) is 30.3 Å². The van der Waals surface area contributed by atoms with Crippen LogP contribution in [0.5, 0.6) is 5.75 Å². The SMILES string of the molecule is CCOc1ccccc1C(C)NCc1ccc(F)cc1. The third kappa shape index (κ3) is 3.81. The molecule has 1 atom stereocenters. The first-order valence-corrected chi connectivity index (χ1v) is 6.90. The molecule has 2 nitrogen and oxygen atoms in total. The first kappa shape index (κ1) is 14.5. The molecule has 0 aliphatic carbocycles. The highest BCUT2D eigenvalue weighted by Crippen LogP contribution is 2.25. The molecule has 2 aromatic carbocycles. The Labute approximate surface area is 119 Å². The number of nitrogens with one attached hydrogen (secondary N) is 1. The van der Waals surface area contributed by atoms with E-state index < -0.39 is 0 Å². The Morgan fingerprint density at radius 3 is 2.50 bits per heavy atom. The fraction of sp³-hybridized carbons (Fsp3) is 0.294. The van der Waals surface area contributed by atoms with E-state index >= 15 is 0 Å². The van der Waals surface area contributed by atoms with E-state index in [1.165, 1.54) is 12.1 Å². The largest absolute Gasteiger partial charge is 0.494 e. The highest BCUT2D eigenvalue weighted by atomic mass is 19.1. The maximum absolute atomic E-state index is 12.9. The number of para-hydroxylation sites is 1. The fourth-order valence-electron chi connectivity index (χ4n) is 2.11. The van der Waals surface area contributed by atoms with Gasteiger partial charge in [-0.2, -0.15) is 0 Å². The average molecular weight is 273 g/mol. The predicted octanol–water partition coefficient (Wildman–Crippen LogP) is 4.08. The molecule has 106 valence electrons. The van der Waals surface area contributed by atoms with E-state index in [-0.39, 0.29) is 11.9 Å². The standard InChI is InChI=1S/C17H20FNO/c1-3-20-17-7-5-4-6-16(17)13(2)19-12-14-8-10-15(18)11-9-14/h4-11,13,19H,3,12H2,1-2H3. The summed E-state index contributed by atoms with van der Waals surface area (Å²) in [7, 11) is 0. The summed E-state index contributed by atoms with van der Waals surface area (Å²) in [4.78, 5) is 0. The molecule has 0 saturated carbocycles. The van der Waals surface area contributed by atoms with Gasteiger partial charge < -0.3 is 10.1 Å². The van der Waals surface area contributed by atoms with Gasteiger partial charge in [-0.15, -0.1) is 0 Å². The Hall–Kier alpha value is -1.87. The molecule has 0 radical (unpaired) electrons. The Balaban J connectivity index is 2.01. The van der Waals surface area contributed by atoms with Gasteiger partial charge in [0.25, 0.3) is 0 Å². The molecule has 0 spiro atoms. The smallest absolute Gasteiger partial charge is 0.124 e. The molecule has 1 unspecified atom stereocenters. The van der Waals surface area contributed by atoms with Gasteiger partial charge >= 0.3 is 0 Å². The van der Waals surface area contributed by atoms with E-state index in [0.29, 0.717) is 13.2 Å². The quantitative estimate of drug-likeness (QED) is 0.856. The van der Waals surface area contributed by atoms with E-state index in [9.17, 15) is 4.39 Å². The molecule has 20 heavy (non-hydrogen) atoms. The topological polar surface area (TPSA) is 21.3 Å². The van der Waals surface area contributed by atoms with Crippen molar-refractivity contribution in [2.24, 2.45) is 0 Å². The molecule has 0 saturated heterocycles. The van der Waals surface area contributed by atoms with E-state index in [2.05, 4.69) is 18.3 Å². The highest BCUT2D eigenvalue weighted by molar-refractivity contribution is 5.35. The summed E-state index contributed by atoms with van der Waals surface area (Å²) in [6, 6.07) is 14.7. The molecular formula is C17H20FNO. The summed E-state index contributed by atoms with van der Waals surface area (Å²) in [6.07, 6.45) is 0. The molecule has 0 aliphatic rings. The van der Waals surface area contributed by atoms with Gasteiger partial charge in [0.1, 0.15) is 11.6 Å². The maximum atomic E-state index is 12.9. The lowest BCUT2D eigenvalue weighted by atomic mass is 10.1. The molecule has 1 N–H and O–H groups in total. The lowest BCUT2D eigenvalue weighted by Gasteiger charge is -2.18. The number of hydrogen-bond acceptors (Lipinski definition) is 2. The van der Waals surface area contributed by atoms with Gasteiger partial charge in [-0.05, 0) is 37.6 Å². The van der Waals surface area contributed by atoms with Gasteiger partial charge in [0.05, 0.1) is 6.61 Å². The molecule has 0 bridgehead atoms. The monoisotopic (exact) mass is 273 g/mol. The van der Waals surface area contributed by atoms with Gasteiger partial charge in [0, 0.05) is 18.2 Å². The lowest BCUT2D eigenvalue weighted by molar-refractivity contribution is 0.332. The summed E-state index contributed by atoms with van der Waals surface area (Å²) in [5, 5.41) is 3.43. The summed E-state index contributed by atoms with van der Waals surface area (Å²) in [6.45, 7) is 5.43. The van der Waals surface area contributed by atoms with Crippen LogP contribution in [0.15, 0.2) is 48.5 Å². The second-order valence-electron chi connectivity index (χ2n) is 4.70. The van der Waals surface area contributed by atoms with Crippen LogP contribution < -0.4 is 10.1 Å². The summed E-state index contributed by atoms with van der Waals surface area (Å²) < 4.78 is 18.5. The van der Waals surface area contributed by atoms with Crippen LogP contribution in [0.4, 0.5) is 4.39 Å². The first-order valence-electron chi connectivity index (χ1n) is 6.90. The van der Waals surface area contributed by atoms with Crippen molar-refractivity contribution in [2.45, 2.75) is 26.4 Å². The van der Waals surface area contributed by atoms with E-state index in [1.54, 1.807) is 12.1 Å². The van der Waals surface area contributed by atoms with Crippen LogP contribution in [0.3, 0.4) is 0 Å². The average Bonchev–Trinajstić information content (AvgIpc) is 2.47. The Bertz CT molecular complexity index is 539. The highest BCUT2D eigenvalue weighted by Gasteiger charge is 2.10. The normalized spacial score (nSPS) is 12.2. The molecule has 0 fully saturated rings. The zero-order chi connectivity index (χ0) is 14.4. The molecule has 0 aromatic heterocycles. The zero-order valence-electron chi connectivity index (χ0n) is 11.9. The van der Waals surface area contributed by atoms with Crippen LogP contribution >= 0.6 is 0 Å². The van der Waals surface area contributed by atoms with Crippen molar-refractivity contribution in [3.8, 4) is 5.75 Å². The second kappa shape index (κ2) is 7.06. The first-order chi connectivity index (χ1) is 9.70. The van der Waals surface area contributed by atoms with Crippen molar-refractivity contribution in [2.75, 3.05) is 6.61 Å². The van der Waals surface area contributed by atoms with Crippen molar-refractivity contribution >= 4 is 0 Å². The molecule has 3 heteroatoms. The van der Waals surface area contributed by atoms with Crippen LogP contribution in [0.2, 0.25) is 0 Å². The van der Waals surface area contributed by atoms with Gasteiger partial charge in [-0.25, -0.2) is 4.39 Å². The number of benzene rings is 2.